The zero-order valence-corrected chi connectivity index (χ0v) is 17.9. The van der Waals surface area contributed by atoms with E-state index in [9.17, 15) is 0 Å². The van der Waals surface area contributed by atoms with Crippen molar-refractivity contribution in [2.45, 2.75) is 0 Å². The molecule has 0 bridgehead atoms. The summed E-state index contributed by atoms with van der Waals surface area (Å²) in [7, 11) is 0. The van der Waals surface area contributed by atoms with Gasteiger partial charge in [-0.3, -0.25) is 0 Å². The van der Waals surface area contributed by atoms with E-state index >= 15 is 0 Å². The molecule has 0 saturated heterocycles. The fourth-order valence-corrected chi connectivity index (χ4v) is 0. The van der Waals surface area contributed by atoms with Crippen LogP contribution in [0.3, 0.4) is 0 Å². The largest absolute Gasteiger partial charge is 2.00 e. The minimum atomic E-state index is -1.75. The molecule has 0 aliphatic rings. The first kappa shape index (κ1) is 68.8. The number of nitrogens with zero attached hydrogens (tertiary/aromatic N) is 4. The standard InChI is InChI=1S/4NO3.4H2O.2Th/c4*2-1(3)4;;;;;;/h;;;;4*1H2;;/q4*-1;;;;;2*+2. The molecule has 0 aromatic carbocycles. The smallest absolute Gasteiger partial charge is 0.412 e. The summed E-state index contributed by atoms with van der Waals surface area (Å²) >= 11 is 0. The van der Waals surface area contributed by atoms with Gasteiger partial charge in [0, 0.05) is 0 Å². The molecule has 0 unspecified atom stereocenters. The monoisotopic (exact) mass is 784 g/mol. The van der Waals surface area contributed by atoms with E-state index in [0.29, 0.717) is 0 Å². The predicted octanol–water partition coefficient (Wildman–Crippen LogP) is -4.26. The summed E-state index contributed by atoms with van der Waals surface area (Å²) in [5, 5.41) is 59.0. The van der Waals surface area contributed by atoms with Gasteiger partial charge in [0.05, 0.1) is 20.3 Å². The van der Waals surface area contributed by atoms with Gasteiger partial charge in [0.2, 0.25) is 0 Å². The Morgan fingerprint density at radius 1 is 0.364 bits per heavy atom. The van der Waals surface area contributed by atoms with Crippen LogP contribution >= 0.6 is 0 Å². The van der Waals surface area contributed by atoms with E-state index in [1.54, 1.807) is 0 Å². The third kappa shape index (κ3) is 12800. The van der Waals surface area contributed by atoms with Crippen LogP contribution in [0.1, 0.15) is 0 Å². The summed E-state index contributed by atoms with van der Waals surface area (Å²) in [5.74, 6) is 0. The molecule has 0 heterocycles. The van der Waals surface area contributed by atoms with E-state index in [-0.39, 0.29) is 102 Å². The van der Waals surface area contributed by atoms with Gasteiger partial charge in [-0.25, -0.2) is 0 Å². The molecule has 0 spiro atoms. The average Bonchev–Trinajstić information content (AvgIpc) is 1.76. The Balaban J connectivity index is -0.00000001000. The summed E-state index contributed by atoms with van der Waals surface area (Å²) in [6, 6.07) is 0. The van der Waals surface area contributed by atoms with Crippen molar-refractivity contribution in [1.82, 2.24) is 0 Å². The third-order valence-electron chi connectivity index (χ3n) is 0. The Hall–Kier alpha value is -0.711. The molecule has 0 aromatic heterocycles. The van der Waals surface area contributed by atoms with Crippen molar-refractivity contribution < 1.29 is 122 Å². The Kier molecular flexibility index (Phi) is 185. The first-order chi connectivity index (χ1) is 6.93. The second kappa shape index (κ2) is 59.2. The van der Waals surface area contributed by atoms with Crippen LogP contribution in [-0.2, 0) is 0 Å². The Bertz CT molecular complexity index is 164. The Morgan fingerprint density at radius 3 is 0.364 bits per heavy atom. The summed E-state index contributed by atoms with van der Waals surface area (Å²) in [6.07, 6.45) is 0. The molecule has 0 aliphatic carbocycles. The minimum absolute atomic E-state index is 0. The van der Waals surface area contributed by atoms with Crippen LogP contribution in [0, 0.1) is 141 Å². The molecular weight excluding hydrogens is 776 g/mol. The molecular formula is H8N4O16Th2. The van der Waals surface area contributed by atoms with Crippen LogP contribution < -0.4 is 0 Å². The molecule has 8 N–H and O–H groups in total. The molecule has 0 saturated carbocycles. The number of rotatable bonds is 0. The van der Waals surface area contributed by atoms with Crippen molar-refractivity contribution in [3.63, 3.8) is 0 Å². The molecule has 132 valence electrons. The van der Waals surface area contributed by atoms with E-state index in [0.717, 1.165) is 0 Å². The predicted molar refractivity (Wildman–Crippen MR) is 55.9 cm³/mol. The summed E-state index contributed by atoms with van der Waals surface area (Å²) in [4.78, 5) is 33.0. The van der Waals surface area contributed by atoms with Crippen LogP contribution in [0.2, 0.25) is 0 Å². The molecule has 0 aliphatic heterocycles. The van der Waals surface area contributed by atoms with Crippen molar-refractivity contribution in [3.8, 4) is 0 Å². The van der Waals surface area contributed by atoms with Gasteiger partial charge >= 0.3 is 79.9 Å². The quantitative estimate of drug-likeness (QED) is 0.167. The number of hydrogen-bond acceptors (Lipinski definition) is 12. The molecule has 22 heavy (non-hydrogen) atoms. The summed E-state index contributed by atoms with van der Waals surface area (Å²) < 4.78 is 0. The van der Waals surface area contributed by atoms with Crippen LogP contribution in [0.25, 0.3) is 0 Å². The van der Waals surface area contributed by atoms with Crippen LogP contribution in [0.15, 0.2) is 0 Å². The van der Waals surface area contributed by atoms with Crippen molar-refractivity contribution in [1.29, 1.82) is 0 Å². The van der Waals surface area contributed by atoms with Gasteiger partial charge in [0.25, 0.3) is 0 Å². The van der Waals surface area contributed by atoms with Crippen LogP contribution in [-0.4, -0.2) is 42.3 Å². The Labute approximate surface area is 181 Å². The normalized spacial score (nSPS) is 4.36. The summed E-state index contributed by atoms with van der Waals surface area (Å²) in [5.41, 5.74) is 0. The van der Waals surface area contributed by atoms with Crippen molar-refractivity contribution in [2.75, 3.05) is 0 Å². The van der Waals surface area contributed by atoms with Gasteiger partial charge in [0.15, 0.2) is 0 Å². The summed E-state index contributed by atoms with van der Waals surface area (Å²) in [6.45, 7) is 0. The molecule has 0 radical (unpaired) electrons. The average molecular weight is 784 g/mol. The molecule has 0 aromatic rings. The van der Waals surface area contributed by atoms with Gasteiger partial charge in [0.1, 0.15) is 0 Å². The van der Waals surface area contributed by atoms with Gasteiger partial charge in [-0.05, 0) is 0 Å². The van der Waals surface area contributed by atoms with Crippen molar-refractivity contribution >= 4 is 0 Å². The fourth-order valence-electron chi connectivity index (χ4n) is 0. The fraction of sp³-hybridized carbons (Fsp3) is 0. The molecule has 0 rings (SSSR count). The molecule has 0 atom stereocenters. The van der Waals surface area contributed by atoms with E-state index in [1.807, 2.05) is 0 Å². The maximum atomic E-state index is 8.25. The van der Waals surface area contributed by atoms with Gasteiger partial charge < -0.3 is 83.2 Å². The topological polar surface area (TPSA) is 391 Å². The van der Waals surface area contributed by atoms with Gasteiger partial charge in [-0.1, -0.05) is 0 Å². The second-order valence-electron chi connectivity index (χ2n) is 0.894. The zero-order chi connectivity index (χ0) is 14.3. The first-order valence-electron chi connectivity index (χ1n) is 2.19. The molecule has 0 amide bonds. The first-order valence-corrected chi connectivity index (χ1v) is 2.19. The van der Waals surface area contributed by atoms with E-state index < -0.39 is 20.3 Å². The zero-order valence-electron chi connectivity index (χ0n) is 9.69. The minimum Gasteiger partial charge on any atom is -0.412 e. The van der Waals surface area contributed by atoms with E-state index in [2.05, 4.69) is 0 Å². The maximum absolute atomic E-state index is 8.25. The Morgan fingerprint density at radius 2 is 0.364 bits per heavy atom. The van der Waals surface area contributed by atoms with Crippen LogP contribution in [0.5, 0.6) is 0 Å². The van der Waals surface area contributed by atoms with Crippen molar-refractivity contribution in [2.24, 2.45) is 0 Å². The third-order valence-corrected chi connectivity index (χ3v) is 0. The van der Waals surface area contributed by atoms with Crippen molar-refractivity contribution in [3.05, 3.63) is 61.3 Å². The second-order valence-corrected chi connectivity index (χ2v) is 0.894. The number of hydrogen-bond donors (Lipinski definition) is 0. The molecule has 22 heteroatoms. The van der Waals surface area contributed by atoms with Crippen LogP contribution in [0.4, 0.5) is 0 Å². The molecule has 20 nitrogen and oxygen atoms in total. The maximum Gasteiger partial charge on any atom is 2.00 e. The van der Waals surface area contributed by atoms with E-state index in [1.165, 1.54) is 0 Å². The SMILES string of the molecule is O.O.O.O.O=[N+]([O-])[O-].O=[N+]([O-])[O-].O=[N+]([O-])[O-].O=[N+]([O-])[O-].[Th+2].[Th+2]. The van der Waals surface area contributed by atoms with Gasteiger partial charge in [-0.2, -0.15) is 0 Å². The van der Waals surface area contributed by atoms with Gasteiger partial charge in [-0.15, -0.1) is 0 Å². The molecule has 0 fully saturated rings. The van der Waals surface area contributed by atoms with E-state index in [4.69, 9.17) is 61.3 Å².